The van der Waals surface area contributed by atoms with Crippen LogP contribution in [0.2, 0.25) is 0 Å². The van der Waals surface area contributed by atoms with E-state index in [0.29, 0.717) is 37.4 Å². The van der Waals surface area contributed by atoms with Gasteiger partial charge in [-0.15, -0.1) is 11.6 Å². The molecule has 1 saturated heterocycles. The van der Waals surface area contributed by atoms with Gasteiger partial charge in [0.2, 0.25) is 10.0 Å². The summed E-state index contributed by atoms with van der Waals surface area (Å²) in [7, 11) is -2.00. The van der Waals surface area contributed by atoms with Crippen LogP contribution in [0.3, 0.4) is 0 Å². The number of halogens is 1. The molecule has 0 aliphatic carbocycles. The predicted octanol–water partition coefficient (Wildman–Crippen LogP) is 2.23. The largest absolute Gasteiger partial charge is 0.496 e. The Labute approximate surface area is 130 Å². The van der Waals surface area contributed by atoms with E-state index in [4.69, 9.17) is 21.1 Å². The fourth-order valence-corrected chi connectivity index (χ4v) is 4.16. The van der Waals surface area contributed by atoms with E-state index >= 15 is 0 Å². The molecular formula is C14H20ClNO4S. The highest BCUT2D eigenvalue weighted by molar-refractivity contribution is 7.89. The molecule has 5 nitrogen and oxygen atoms in total. The fraction of sp³-hybridized carbons (Fsp3) is 0.571. The van der Waals surface area contributed by atoms with Crippen molar-refractivity contribution in [3.8, 4) is 5.75 Å². The Kier molecular flexibility index (Phi) is 5.48. The summed E-state index contributed by atoms with van der Waals surface area (Å²) in [6, 6.07) is 4.78. The number of methoxy groups -OCH3 is 1. The lowest BCUT2D eigenvalue weighted by Gasteiger charge is -2.22. The highest BCUT2D eigenvalue weighted by Gasteiger charge is 2.28. The molecule has 0 saturated carbocycles. The van der Waals surface area contributed by atoms with Gasteiger partial charge in [-0.1, -0.05) is 0 Å². The summed E-state index contributed by atoms with van der Waals surface area (Å²) < 4.78 is 37.6. The van der Waals surface area contributed by atoms with Crippen LogP contribution >= 0.6 is 11.6 Å². The van der Waals surface area contributed by atoms with E-state index in [1.54, 1.807) is 18.2 Å². The normalized spacial score (nSPS) is 21.0. The van der Waals surface area contributed by atoms with Gasteiger partial charge in [-0.05, 0) is 31.5 Å². The van der Waals surface area contributed by atoms with E-state index in [2.05, 4.69) is 0 Å². The van der Waals surface area contributed by atoms with E-state index < -0.39 is 10.0 Å². The molecule has 1 fully saturated rings. The molecule has 0 aromatic heterocycles. The summed E-state index contributed by atoms with van der Waals surface area (Å²) >= 11 is 5.86. The SMILES string of the molecule is COc1ccc(S(=O)(=O)N2CCCOC(C)C2)cc1CCl. The molecule has 0 radical (unpaired) electrons. The second-order valence-electron chi connectivity index (χ2n) is 5.01. The van der Waals surface area contributed by atoms with Crippen LogP contribution in [-0.2, 0) is 20.6 Å². The van der Waals surface area contributed by atoms with Crippen molar-refractivity contribution < 1.29 is 17.9 Å². The molecule has 0 spiro atoms. The Morgan fingerprint density at radius 1 is 1.48 bits per heavy atom. The number of alkyl halides is 1. The molecule has 0 bridgehead atoms. The Morgan fingerprint density at radius 2 is 2.24 bits per heavy atom. The number of hydrogen-bond acceptors (Lipinski definition) is 4. The maximum Gasteiger partial charge on any atom is 0.243 e. The molecule has 1 heterocycles. The standard InChI is InChI=1S/C14H20ClNO4S/c1-11-10-16(6-3-7-20-11)21(17,18)13-4-5-14(19-2)12(8-13)9-15/h4-5,8,11H,3,6-7,9-10H2,1-2H3. The van der Waals surface area contributed by atoms with Crippen molar-refractivity contribution >= 4 is 21.6 Å². The average molecular weight is 334 g/mol. The summed E-state index contributed by atoms with van der Waals surface area (Å²) in [5.74, 6) is 0.794. The first-order chi connectivity index (χ1) is 9.98. The molecule has 1 aromatic carbocycles. The maximum absolute atomic E-state index is 12.7. The van der Waals surface area contributed by atoms with Crippen molar-refractivity contribution in [2.24, 2.45) is 0 Å². The van der Waals surface area contributed by atoms with Gasteiger partial charge in [0.1, 0.15) is 5.75 Å². The first-order valence-corrected chi connectivity index (χ1v) is 8.81. The number of hydrogen-bond donors (Lipinski definition) is 0. The quantitative estimate of drug-likeness (QED) is 0.793. The van der Waals surface area contributed by atoms with Crippen LogP contribution in [0.25, 0.3) is 0 Å². The van der Waals surface area contributed by atoms with Crippen molar-refractivity contribution in [2.75, 3.05) is 26.8 Å². The molecule has 2 rings (SSSR count). The van der Waals surface area contributed by atoms with E-state index in [-0.39, 0.29) is 16.9 Å². The van der Waals surface area contributed by atoms with Gasteiger partial charge in [0.15, 0.2) is 0 Å². The predicted molar refractivity (Wildman–Crippen MR) is 81.3 cm³/mol. The van der Waals surface area contributed by atoms with Gasteiger partial charge in [0.05, 0.1) is 24.0 Å². The van der Waals surface area contributed by atoms with Gasteiger partial charge in [0.25, 0.3) is 0 Å². The lowest BCUT2D eigenvalue weighted by Crippen LogP contribution is -2.35. The zero-order chi connectivity index (χ0) is 15.5. The lowest BCUT2D eigenvalue weighted by atomic mass is 10.2. The molecule has 0 amide bonds. The molecule has 0 N–H and O–H groups in total. The number of benzene rings is 1. The van der Waals surface area contributed by atoms with Crippen molar-refractivity contribution in [3.05, 3.63) is 23.8 Å². The maximum atomic E-state index is 12.7. The molecule has 1 aliphatic heterocycles. The molecule has 1 aliphatic rings. The number of ether oxygens (including phenoxy) is 2. The van der Waals surface area contributed by atoms with E-state index in [1.165, 1.54) is 11.4 Å². The highest BCUT2D eigenvalue weighted by Crippen LogP contribution is 2.26. The Morgan fingerprint density at radius 3 is 2.90 bits per heavy atom. The minimum Gasteiger partial charge on any atom is -0.496 e. The Bertz CT molecular complexity index is 591. The number of sulfonamides is 1. The van der Waals surface area contributed by atoms with Gasteiger partial charge in [-0.2, -0.15) is 4.31 Å². The monoisotopic (exact) mass is 333 g/mol. The average Bonchev–Trinajstić information content (AvgIpc) is 2.71. The third-order valence-electron chi connectivity index (χ3n) is 3.45. The molecule has 21 heavy (non-hydrogen) atoms. The van der Waals surface area contributed by atoms with Crippen LogP contribution in [0, 0.1) is 0 Å². The van der Waals surface area contributed by atoms with E-state index in [1.807, 2.05) is 6.92 Å². The van der Waals surface area contributed by atoms with Gasteiger partial charge >= 0.3 is 0 Å². The van der Waals surface area contributed by atoms with E-state index in [0.717, 1.165) is 0 Å². The van der Waals surface area contributed by atoms with Crippen molar-refractivity contribution in [2.45, 2.75) is 30.2 Å². The summed E-state index contributed by atoms with van der Waals surface area (Å²) in [5, 5.41) is 0. The minimum atomic E-state index is -3.54. The van der Waals surface area contributed by atoms with Gasteiger partial charge < -0.3 is 9.47 Å². The molecule has 118 valence electrons. The molecule has 1 atom stereocenters. The molecular weight excluding hydrogens is 314 g/mol. The van der Waals surface area contributed by atoms with Crippen LogP contribution < -0.4 is 4.74 Å². The minimum absolute atomic E-state index is 0.104. The summed E-state index contributed by atoms with van der Waals surface area (Å²) in [4.78, 5) is 0.244. The third kappa shape index (κ3) is 3.69. The summed E-state index contributed by atoms with van der Waals surface area (Å²) in [5.41, 5.74) is 0.666. The van der Waals surface area contributed by atoms with Crippen LogP contribution in [0.1, 0.15) is 18.9 Å². The van der Waals surface area contributed by atoms with Crippen LogP contribution in [-0.4, -0.2) is 45.6 Å². The Hall–Kier alpha value is -0.820. The first-order valence-electron chi connectivity index (χ1n) is 6.83. The van der Waals surface area contributed by atoms with Crippen molar-refractivity contribution in [1.82, 2.24) is 4.31 Å². The van der Waals surface area contributed by atoms with Crippen molar-refractivity contribution in [1.29, 1.82) is 0 Å². The zero-order valence-electron chi connectivity index (χ0n) is 12.2. The topological polar surface area (TPSA) is 55.8 Å². The number of nitrogens with zero attached hydrogens (tertiary/aromatic N) is 1. The van der Waals surface area contributed by atoms with Crippen LogP contribution in [0.5, 0.6) is 5.75 Å². The van der Waals surface area contributed by atoms with Crippen LogP contribution in [0.4, 0.5) is 0 Å². The van der Waals surface area contributed by atoms with Crippen molar-refractivity contribution in [3.63, 3.8) is 0 Å². The molecule has 1 unspecified atom stereocenters. The van der Waals surface area contributed by atoms with Gasteiger partial charge in [0, 0.05) is 25.3 Å². The molecule has 7 heteroatoms. The zero-order valence-corrected chi connectivity index (χ0v) is 13.8. The van der Waals surface area contributed by atoms with Gasteiger partial charge in [-0.25, -0.2) is 8.42 Å². The summed E-state index contributed by atoms with van der Waals surface area (Å²) in [6.07, 6.45) is 0.593. The first kappa shape index (κ1) is 16.5. The fourth-order valence-electron chi connectivity index (χ4n) is 2.34. The third-order valence-corrected chi connectivity index (χ3v) is 5.60. The lowest BCUT2D eigenvalue weighted by molar-refractivity contribution is 0.0752. The van der Waals surface area contributed by atoms with Gasteiger partial charge in [-0.3, -0.25) is 0 Å². The summed E-state index contributed by atoms with van der Waals surface area (Å²) in [6.45, 7) is 3.30. The number of rotatable bonds is 4. The highest BCUT2D eigenvalue weighted by atomic mass is 35.5. The second-order valence-corrected chi connectivity index (χ2v) is 7.21. The van der Waals surface area contributed by atoms with Crippen LogP contribution in [0.15, 0.2) is 23.1 Å². The van der Waals surface area contributed by atoms with E-state index in [9.17, 15) is 8.42 Å². The smallest absolute Gasteiger partial charge is 0.243 e. The molecule has 1 aromatic rings. The second kappa shape index (κ2) is 6.96. The Balaban J connectivity index is 2.34.